The van der Waals surface area contributed by atoms with Gasteiger partial charge in [-0.1, -0.05) is 48.0 Å². The van der Waals surface area contributed by atoms with Crippen LogP contribution in [0.25, 0.3) is 0 Å². The zero-order chi connectivity index (χ0) is 28.2. The molecule has 40 heavy (non-hydrogen) atoms. The number of thiocarbonyl (C=S) groups is 1. The summed E-state index contributed by atoms with van der Waals surface area (Å²) in [7, 11) is 0. The van der Waals surface area contributed by atoms with Crippen LogP contribution in [0.15, 0.2) is 60.8 Å². The lowest BCUT2D eigenvalue weighted by molar-refractivity contribution is 0.0930. The molecule has 210 valence electrons. The van der Waals surface area contributed by atoms with E-state index in [9.17, 15) is 4.79 Å². The summed E-state index contributed by atoms with van der Waals surface area (Å²) in [5.41, 5.74) is 3.41. The molecule has 2 saturated heterocycles. The fourth-order valence-corrected chi connectivity index (χ4v) is 6.80. The summed E-state index contributed by atoms with van der Waals surface area (Å²) in [5.74, 6) is 0.820. The van der Waals surface area contributed by atoms with Gasteiger partial charge in [-0.2, -0.15) is 0 Å². The van der Waals surface area contributed by atoms with Gasteiger partial charge in [0, 0.05) is 37.9 Å². The maximum atomic E-state index is 12.8. The van der Waals surface area contributed by atoms with Crippen molar-refractivity contribution < 1.29 is 4.79 Å². The standard InChI is InChI=1S/C31H37ClN6OS/c1-21-19-27(32)35-23(3)29(21)30(39)34-16-12-22(2)36-17-13-25(14-18-36)38-26(24-9-5-4-6-10-24)20-37(31(38)40)28-11-7-8-15-33-28/h4-11,15,19,22,25-26H,12-14,16-18,20H2,1-3H3,(H,34,39). The van der Waals surface area contributed by atoms with Crippen LogP contribution in [-0.4, -0.2) is 69.1 Å². The highest BCUT2D eigenvalue weighted by molar-refractivity contribution is 7.80. The minimum Gasteiger partial charge on any atom is -0.352 e. The molecule has 0 aliphatic carbocycles. The van der Waals surface area contributed by atoms with Crippen LogP contribution in [-0.2, 0) is 0 Å². The number of piperidine rings is 1. The Hall–Kier alpha value is -3.07. The van der Waals surface area contributed by atoms with Gasteiger partial charge in [-0.25, -0.2) is 9.97 Å². The second-order valence-corrected chi connectivity index (χ2v) is 11.6. The molecule has 0 saturated carbocycles. The Kier molecular flexibility index (Phi) is 8.98. The van der Waals surface area contributed by atoms with E-state index in [2.05, 4.69) is 67.2 Å². The Bertz CT molecular complexity index is 1310. The van der Waals surface area contributed by atoms with Crippen LogP contribution in [0.5, 0.6) is 0 Å². The van der Waals surface area contributed by atoms with E-state index in [4.69, 9.17) is 23.8 Å². The summed E-state index contributed by atoms with van der Waals surface area (Å²) in [6.45, 7) is 9.40. The number of benzene rings is 1. The van der Waals surface area contributed by atoms with Gasteiger partial charge >= 0.3 is 0 Å². The molecule has 2 aliphatic heterocycles. The van der Waals surface area contributed by atoms with Crippen molar-refractivity contribution in [1.29, 1.82) is 0 Å². The number of likely N-dealkylation sites (tertiary alicyclic amines) is 1. The average Bonchev–Trinajstić information content (AvgIpc) is 3.30. The summed E-state index contributed by atoms with van der Waals surface area (Å²) in [6.07, 6.45) is 4.81. The molecule has 3 aromatic rings. The van der Waals surface area contributed by atoms with Crippen molar-refractivity contribution in [2.45, 2.75) is 58.2 Å². The van der Waals surface area contributed by atoms with E-state index in [1.807, 2.05) is 38.2 Å². The number of nitrogens with one attached hydrogen (secondary N) is 1. The second-order valence-electron chi connectivity index (χ2n) is 10.8. The van der Waals surface area contributed by atoms with Gasteiger partial charge in [0.05, 0.1) is 23.8 Å². The Morgan fingerprint density at radius 2 is 1.85 bits per heavy atom. The fraction of sp³-hybridized carbons (Fsp3) is 0.419. The number of rotatable bonds is 8. The minimum absolute atomic E-state index is 0.0861. The number of anilines is 1. The number of aromatic nitrogens is 2. The maximum Gasteiger partial charge on any atom is 0.253 e. The molecule has 9 heteroatoms. The van der Waals surface area contributed by atoms with Gasteiger partial charge in [0.15, 0.2) is 5.11 Å². The van der Waals surface area contributed by atoms with Gasteiger partial charge in [0.1, 0.15) is 11.0 Å². The van der Waals surface area contributed by atoms with Gasteiger partial charge < -0.3 is 20.0 Å². The lowest BCUT2D eigenvalue weighted by atomic mass is 9.98. The smallest absolute Gasteiger partial charge is 0.253 e. The highest BCUT2D eigenvalue weighted by atomic mass is 35.5. The summed E-state index contributed by atoms with van der Waals surface area (Å²) in [6, 6.07) is 19.4. The lowest BCUT2D eigenvalue weighted by Gasteiger charge is -2.42. The molecule has 2 aromatic heterocycles. The predicted octanol–water partition coefficient (Wildman–Crippen LogP) is 5.57. The normalized spacial score (nSPS) is 19.2. The first-order valence-corrected chi connectivity index (χ1v) is 14.8. The van der Waals surface area contributed by atoms with Gasteiger partial charge in [-0.15, -0.1) is 0 Å². The van der Waals surface area contributed by atoms with Crippen molar-refractivity contribution in [1.82, 2.24) is 25.1 Å². The fourth-order valence-electron chi connectivity index (χ4n) is 6.07. The van der Waals surface area contributed by atoms with Crippen LogP contribution in [0.3, 0.4) is 0 Å². The number of aryl methyl sites for hydroxylation is 2. The highest BCUT2D eigenvalue weighted by Crippen LogP contribution is 2.36. The van der Waals surface area contributed by atoms with Crippen molar-refractivity contribution in [3.63, 3.8) is 0 Å². The van der Waals surface area contributed by atoms with Crippen LogP contribution < -0.4 is 10.2 Å². The number of hydrogen-bond acceptors (Lipinski definition) is 5. The first-order valence-electron chi connectivity index (χ1n) is 14.0. The molecular formula is C31H37ClN6OS. The van der Waals surface area contributed by atoms with E-state index < -0.39 is 0 Å². The van der Waals surface area contributed by atoms with Crippen LogP contribution in [0, 0.1) is 13.8 Å². The molecule has 2 atom stereocenters. The predicted molar refractivity (Wildman–Crippen MR) is 165 cm³/mol. The molecule has 4 heterocycles. The van der Waals surface area contributed by atoms with Crippen LogP contribution >= 0.6 is 23.8 Å². The summed E-state index contributed by atoms with van der Waals surface area (Å²) in [5, 5.41) is 4.37. The zero-order valence-corrected chi connectivity index (χ0v) is 25.0. The van der Waals surface area contributed by atoms with E-state index in [1.54, 1.807) is 6.07 Å². The molecule has 2 fully saturated rings. The molecule has 7 nitrogen and oxygen atoms in total. The van der Waals surface area contributed by atoms with E-state index in [0.717, 1.165) is 55.4 Å². The van der Waals surface area contributed by atoms with E-state index >= 15 is 0 Å². The SMILES string of the molecule is Cc1cc(Cl)nc(C)c1C(=O)NCCC(C)N1CCC(N2C(=S)N(c3ccccn3)CC2c2ccccc2)CC1. The van der Waals surface area contributed by atoms with Crippen molar-refractivity contribution in [3.05, 3.63) is 88.3 Å². The van der Waals surface area contributed by atoms with Crippen molar-refractivity contribution >= 4 is 40.7 Å². The quantitative estimate of drug-likeness (QED) is 0.278. The first-order chi connectivity index (χ1) is 19.3. The Balaban J connectivity index is 1.18. The van der Waals surface area contributed by atoms with Crippen LogP contribution in [0.2, 0.25) is 5.15 Å². The molecule has 0 radical (unpaired) electrons. The first kappa shape index (κ1) is 28.5. The molecule has 2 aliphatic rings. The molecule has 1 amide bonds. The van der Waals surface area contributed by atoms with Crippen LogP contribution in [0.1, 0.15) is 59.4 Å². The third kappa shape index (κ3) is 6.14. The maximum absolute atomic E-state index is 12.8. The Labute approximate surface area is 247 Å². The molecule has 1 N–H and O–H groups in total. The minimum atomic E-state index is -0.0861. The van der Waals surface area contributed by atoms with Crippen molar-refractivity contribution in [2.75, 3.05) is 31.1 Å². The summed E-state index contributed by atoms with van der Waals surface area (Å²) < 4.78 is 0. The number of hydrogen-bond donors (Lipinski definition) is 1. The van der Waals surface area contributed by atoms with E-state index in [0.29, 0.717) is 35.0 Å². The number of halogens is 1. The van der Waals surface area contributed by atoms with Crippen molar-refractivity contribution in [2.24, 2.45) is 0 Å². The number of carbonyl (C=O) groups excluding carboxylic acids is 1. The number of carbonyl (C=O) groups is 1. The topological polar surface area (TPSA) is 64.6 Å². The monoisotopic (exact) mass is 576 g/mol. The third-order valence-corrected chi connectivity index (χ3v) is 8.83. The van der Waals surface area contributed by atoms with Gasteiger partial charge in [0.2, 0.25) is 0 Å². The Morgan fingerprint density at radius 3 is 2.52 bits per heavy atom. The van der Waals surface area contributed by atoms with Crippen molar-refractivity contribution in [3.8, 4) is 0 Å². The average molecular weight is 577 g/mol. The summed E-state index contributed by atoms with van der Waals surface area (Å²) >= 11 is 12.1. The van der Waals surface area contributed by atoms with E-state index in [1.165, 1.54) is 5.56 Å². The molecule has 0 bridgehead atoms. The second kappa shape index (κ2) is 12.6. The highest BCUT2D eigenvalue weighted by Gasteiger charge is 2.41. The largest absolute Gasteiger partial charge is 0.352 e. The number of nitrogens with zero attached hydrogens (tertiary/aromatic N) is 5. The molecular weight excluding hydrogens is 540 g/mol. The lowest BCUT2D eigenvalue weighted by Crippen LogP contribution is -2.49. The van der Waals surface area contributed by atoms with Gasteiger partial charge in [-0.3, -0.25) is 4.79 Å². The Morgan fingerprint density at radius 1 is 1.12 bits per heavy atom. The zero-order valence-electron chi connectivity index (χ0n) is 23.4. The third-order valence-electron chi connectivity index (χ3n) is 8.21. The number of pyridine rings is 2. The van der Waals surface area contributed by atoms with E-state index in [-0.39, 0.29) is 11.9 Å². The molecule has 5 rings (SSSR count). The summed E-state index contributed by atoms with van der Waals surface area (Å²) in [4.78, 5) is 28.8. The molecule has 1 aromatic carbocycles. The number of amides is 1. The van der Waals surface area contributed by atoms with Gasteiger partial charge in [-0.05, 0) is 81.6 Å². The van der Waals surface area contributed by atoms with Gasteiger partial charge in [0.25, 0.3) is 5.91 Å². The molecule has 0 spiro atoms. The van der Waals surface area contributed by atoms with Crippen LogP contribution in [0.4, 0.5) is 5.82 Å². The molecule has 2 unspecified atom stereocenters.